The highest BCUT2D eigenvalue weighted by molar-refractivity contribution is 7.92. The number of sulfonamides is 1. The molecule has 198 valence electrons. The fourth-order valence-electron chi connectivity index (χ4n) is 3.98. The van der Waals surface area contributed by atoms with E-state index in [2.05, 4.69) is 30.3 Å². The summed E-state index contributed by atoms with van der Waals surface area (Å²) in [6.07, 6.45) is 5.52. The maximum atomic E-state index is 12.7. The molecule has 5 rings (SSSR count). The summed E-state index contributed by atoms with van der Waals surface area (Å²) in [6.45, 7) is 1.91. The molecule has 2 aromatic carbocycles. The number of nitrogens with one attached hydrogen (secondary N) is 3. The third-order valence-electron chi connectivity index (χ3n) is 5.78. The monoisotopic (exact) mass is 572 g/mol. The van der Waals surface area contributed by atoms with Crippen LogP contribution in [0.15, 0.2) is 84.0 Å². The smallest absolute Gasteiger partial charge is 0.263 e. The lowest BCUT2D eigenvalue weighted by Crippen LogP contribution is -2.38. The Morgan fingerprint density at radius 1 is 0.974 bits per heavy atom. The molecule has 0 bridgehead atoms. The quantitative estimate of drug-likeness (QED) is 0.258. The number of anilines is 2. The van der Waals surface area contributed by atoms with E-state index in [0.29, 0.717) is 34.5 Å². The number of ether oxygens (including phenoxy) is 1. The molecule has 0 aliphatic carbocycles. The number of pyridine rings is 1. The molecule has 3 N–H and O–H groups in total. The van der Waals surface area contributed by atoms with Gasteiger partial charge in [-0.3, -0.25) is 4.72 Å². The van der Waals surface area contributed by atoms with Gasteiger partial charge in [0, 0.05) is 30.7 Å². The van der Waals surface area contributed by atoms with Crippen LogP contribution in [0.1, 0.15) is 12.8 Å². The summed E-state index contributed by atoms with van der Waals surface area (Å²) < 4.78 is 34.0. The van der Waals surface area contributed by atoms with E-state index >= 15 is 0 Å². The summed E-state index contributed by atoms with van der Waals surface area (Å²) in [5, 5.41) is 6.91. The van der Waals surface area contributed by atoms with Crippen LogP contribution in [0.25, 0.3) is 11.3 Å². The van der Waals surface area contributed by atoms with Crippen LogP contribution >= 0.6 is 24.0 Å². The van der Waals surface area contributed by atoms with E-state index in [9.17, 15) is 8.42 Å². The molecule has 3 heterocycles. The molecule has 0 amide bonds. The Morgan fingerprint density at radius 3 is 2.55 bits per heavy atom. The molecule has 1 unspecified atom stereocenters. The Kier molecular flexibility index (Phi) is 9.01. The van der Waals surface area contributed by atoms with Crippen molar-refractivity contribution < 1.29 is 13.2 Å². The fourth-order valence-corrected chi connectivity index (χ4v) is 5.56. The maximum absolute atomic E-state index is 12.7. The van der Waals surface area contributed by atoms with E-state index in [0.717, 1.165) is 25.9 Å². The Bertz CT molecular complexity index is 1480. The second kappa shape index (κ2) is 12.4. The normalized spacial score (nSPS) is 15.2. The molecular weight excluding hydrogens is 547 g/mol. The summed E-state index contributed by atoms with van der Waals surface area (Å²) in [4.78, 5) is 13.4. The molecule has 0 radical (unpaired) electrons. The zero-order valence-corrected chi connectivity index (χ0v) is 22.6. The van der Waals surface area contributed by atoms with Crippen LogP contribution < -0.4 is 20.1 Å². The minimum Gasteiger partial charge on any atom is -0.438 e. The van der Waals surface area contributed by atoms with Crippen molar-refractivity contribution in [2.24, 2.45) is 0 Å². The van der Waals surface area contributed by atoms with E-state index in [4.69, 9.17) is 16.3 Å². The van der Waals surface area contributed by atoms with Gasteiger partial charge in [-0.25, -0.2) is 23.4 Å². The van der Waals surface area contributed by atoms with Crippen LogP contribution in [0, 0.1) is 0 Å². The van der Waals surface area contributed by atoms with Gasteiger partial charge in [-0.05, 0) is 74.0 Å². The lowest BCUT2D eigenvalue weighted by atomic mass is 10.1. The summed E-state index contributed by atoms with van der Waals surface area (Å²) >= 11 is 6.05. The van der Waals surface area contributed by atoms with Gasteiger partial charge in [0.05, 0.1) is 16.3 Å². The van der Waals surface area contributed by atoms with Crippen LogP contribution in [-0.4, -0.2) is 42.5 Å². The van der Waals surface area contributed by atoms with E-state index in [1.165, 1.54) is 12.1 Å². The molecule has 12 heteroatoms. The first kappa shape index (κ1) is 27.6. The molecule has 38 heavy (non-hydrogen) atoms. The fraction of sp³-hybridized carbons (Fsp3) is 0.192. The largest absolute Gasteiger partial charge is 0.438 e. The molecule has 0 saturated carbocycles. The number of aromatic nitrogens is 3. The van der Waals surface area contributed by atoms with Crippen LogP contribution in [0.5, 0.6) is 11.6 Å². The third-order valence-corrected chi connectivity index (χ3v) is 7.66. The summed E-state index contributed by atoms with van der Waals surface area (Å²) in [7, 11) is -3.83. The van der Waals surface area contributed by atoms with Crippen molar-refractivity contribution >= 4 is 45.7 Å². The van der Waals surface area contributed by atoms with Gasteiger partial charge in [0.15, 0.2) is 0 Å². The molecule has 1 fully saturated rings. The summed E-state index contributed by atoms with van der Waals surface area (Å²) in [5.41, 5.74) is 1.75. The Hall–Kier alpha value is -3.44. The average molecular weight is 574 g/mol. The number of rotatable bonds is 8. The molecule has 4 aromatic rings. The first-order chi connectivity index (χ1) is 18.0. The average Bonchev–Trinajstić information content (AvgIpc) is 2.91. The van der Waals surface area contributed by atoms with Gasteiger partial charge in [0.1, 0.15) is 10.6 Å². The highest BCUT2D eigenvalue weighted by atomic mass is 35.5. The van der Waals surface area contributed by atoms with E-state index in [1.807, 2.05) is 12.1 Å². The van der Waals surface area contributed by atoms with E-state index in [-0.39, 0.29) is 28.4 Å². The van der Waals surface area contributed by atoms with Crippen molar-refractivity contribution in [3.05, 3.63) is 84.1 Å². The number of hydrogen-bond acceptors (Lipinski definition) is 8. The minimum absolute atomic E-state index is 0. The number of halogens is 2. The first-order valence-corrected chi connectivity index (χ1v) is 13.6. The predicted octanol–water partition coefficient (Wildman–Crippen LogP) is 5.37. The molecule has 1 atom stereocenters. The number of benzene rings is 2. The maximum Gasteiger partial charge on any atom is 0.263 e. The summed E-state index contributed by atoms with van der Waals surface area (Å²) in [5.74, 6) is 1.41. The number of nitrogens with zero attached hydrogens (tertiary/aromatic N) is 3. The van der Waals surface area contributed by atoms with Crippen molar-refractivity contribution in [3.63, 3.8) is 0 Å². The zero-order chi connectivity index (χ0) is 25.7. The van der Waals surface area contributed by atoms with Gasteiger partial charge in [0.2, 0.25) is 11.8 Å². The van der Waals surface area contributed by atoms with Crippen LogP contribution in [0.3, 0.4) is 0 Å². The molecule has 0 spiro atoms. The van der Waals surface area contributed by atoms with Crippen molar-refractivity contribution in [1.82, 2.24) is 20.3 Å². The Morgan fingerprint density at radius 2 is 1.79 bits per heavy atom. The van der Waals surface area contributed by atoms with Crippen LogP contribution in [0.4, 0.5) is 11.6 Å². The second-order valence-electron chi connectivity index (χ2n) is 8.47. The summed E-state index contributed by atoms with van der Waals surface area (Å²) in [6, 6.07) is 18.6. The van der Waals surface area contributed by atoms with Crippen LogP contribution in [0.2, 0.25) is 5.02 Å². The molecule has 1 aliphatic rings. The van der Waals surface area contributed by atoms with Gasteiger partial charge in [-0.1, -0.05) is 23.7 Å². The lowest BCUT2D eigenvalue weighted by molar-refractivity contribution is 0.465. The van der Waals surface area contributed by atoms with Crippen molar-refractivity contribution in [1.29, 1.82) is 0 Å². The third kappa shape index (κ3) is 6.70. The van der Waals surface area contributed by atoms with Gasteiger partial charge < -0.3 is 15.4 Å². The van der Waals surface area contributed by atoms with Gasteiger partial charge in [-0.2, -0.15) is 0 Å². The van der Waals surface area contributed by atoms with E-state index < -0.39 is 10.0 Å². The predicted molar refractivity (Wildman–Crippen MR) is 151 cm³/mol. The van der Waals surface area contributed by atoms with Crippen LogP contribution in [-0.2, 0) is 10.0 Å². The molecular formula is C26H26Cl2N6O3S. The Balaban J connectivity index is 0.00000336. The highest BCUT2D eigenvalue weighted by Crippen LogP contribution is 2.31. The zero-order valence-electron chi connectivity index (χ0n) is 20.2. The topological polar surface area (TPSA) is 118 Å². The number of hydrogen-bond donors (Lipinski definition) is 3. The molecule has 2 aromatic heterocycles. The SMILES string of the molecule is Cl.O=S(=O)(Nc1ccc(Oc2ncccc2-c2ccnc(NC3CCCNC3)n2)cc1)c1ccccc1Cl. The van der Waals surface area contributed by atoms with Gasteiger partial charge >= 0.3 is 0 Å². The number of piperidine rings is 1. The Labute approximate surface area is 232 Å². The second-order valence-corrected chi connectivity index (χ2v) is 10.5. The minimum atomic E-state index is -3.83. The molecule has 1 saturated heterocycles. The van der Waals surface area contributed by atoms with Crippen molar-refractivity contribution in [2.45, 2.75) is 23.8 Å². The molecule has 1 aliphatic heterocycles. The van der Waals surface area contributed by atoms with Crippen molar-refractivity contribution in [3.8, 4) is 22.9 Å². The highest BCUT2D eigenvalue weighted by Gasteiger charge is 2.18. The lowest BCUT2D eigenvalue weighted by Gasteiger charge is -2.23. The first-order valence-electron chi connectivity index (χ1n) is 11.8. The standard InChI is InChI=1S/C26H25ClN6O3S.ClH/c27-22-7-1-2-8-24(22)37(34,35)33-18-9-11-20(12-10-18)36-25-21(6-4-15-29-25)23-13-16-30-26(32-23)31-19-5-3-14-28-17-19;/h1-2,4,6-13,15-16,19,28,33H,3,5,14,17H2,(H,30,31,32);1H. The van der Waals surface area contributed by atoms with Crippen molar-refractivity contribution in [2.75, 3.05) is 23.1 Å². The van der Waals surface area contributed by atoms with Gasteiger partial charge in [0.25, 0.3) is 10.0 Å². The molecule has 9 nitrogen and oxygen atoms in total. The van der Waals surface area contributed by atoms with Gasteiger partial charge in [-0.15, -0.1) is 12.4 Å². The van der Waals surface area contributed by atoms with E-state index in [1.54, 1.807) is 54.9 Å².